The number of aliphatic hydroxyl groups is 6. The van der Waals surface area contributed by atoms with Crippen LogP contribution in [0.1, 0.15) is 78.1 Å². The van der Waals surface area contributed by atoms with Crippen molar-refractivity contribution < 1.29 is 89.3 Å². The second kappa shape index (κ2) is 36.1. The summed E-state index contributed by atoms with van der Waals surface area (Å²) in [5, 5.41) is 86.2. The number of ether oxygens (including phenoxy) is 2. The van der Waals surface area contributed by atoms with Gasteiger partial charge in [0.2, 0.25) is 0 Å². The normalized spacial score (nSPS) is 10.2. The van der Waals surface area contributed by atoms with Gasteiger partial charge in [0.15, 0.2) is 0 Å². The summed E-state index contributed by atoms with van der Waals surface area (Å²) in [6, 6.07) is 0. The molecule has 0 aliphatic heterocycles. The Morgan fingerprint density at radius 1 is 0.451 bits per heavy atom. The van der Waals surface area contributed by atoms with Crippen molar-refractivity contribution in [2.75, 3.05) is 52.9 Å². The van der Waals surface area contributed by atoms with Gasteiger partial charge in [-0.1, -0.05) is 26.0 Å². The monoisotopic (exact) mass is 768 g/mol. The number of aliphatic hydroxyl groups excluding tert-OH is 6. The van der Waals surface area contributed by atoms with Crippen molar-refractivity contribution in [1.29, 1.82) is 0 Å². The molecule has 51 heavy (non-hydrogen) atoms. The van der Waals surface area contributed by atoms with E-state index in [1.54, 1.807) is 0 Å². The zero-order valence-electron chi connectivity index (χ0n) is 28.9. The van der Waals surface area contributed by atoms with Crippen LogP contribution >= 0.6 is 0 Å². The van der Waals surface area contributed by atoms with Crippen LogP contribution < -0.4 is 0 Å². The molecule has 0 aromatic rings. The van der Waals surface area contributed by atoms with Crippen LogP contribution in [-0.4, -0.2) is 191 Å². The zero-order valence-corrected chi connectivity index (χ0v) is 28.9. The van der Waals surface area contributed by atoms with Gasteiger partial charge in [0.1, 0.15) is 13.2 Å². The fourth-order valence-electron chi connectivity index (χ4n) is 2.72. The van der Waals surface area contributed by atoms with Crippen LogP contribution in [0.3, 0.4) is 0 Å². The molecule has 0 aliphatic carbocycles. The molecule has 0 saturated carbocycles. The summed E-state index contributed by atoms with van der Waals surface area (Å²) in [7, 11) is 0. The molecular formula is C32H57KO18. The van der Waals surface area contributed by atoms with Crippen molar-refractivity contribution in [2.24, 2.45) is 10.8 Å². The van der Waals surface area contributed by atoms with Crippen molar-refractivity contribution in [3.05, 3.63) is 24.3 Å². The number of carboxylic acid groups (broad SMARTS) is 4. The molecule has 10 N–H and O–H groups in total. The van der Waals surface area contributed by atoms with Crippen LogP contribution in [0.4, 0.5) is 0 Å². The quantitative estimate of drug-likeness (QED) is 0.0261. The minimum absolute atomic E-state index is 0. The van der Waals surface area contributed by atoms with E-state index < -0.39 is 86.3 Å². The Labute approximate surface area is 340 Å². The van der Waals surface area contributed by atoms with Gasteiger partial charge in [0.25, 0.3) is 0 Å². The van der Waals surface area contributed by atoms with Crippen LogP contribution in [-0.2, 0) is 38.2 Å². The van der Waals surface area contributed by atoms with Crippen LogP contribution in [0.15, 0.2) is 24.3 Å². The second-order valence-electron chi connectivity index (χ2n) is 11.4. The van der Waals surface area contributed by atoms with E-state index in [-0.39, 0.29) is 101 Å². The summed E-state index contributed by atoms with van der Waals surface area (Å²) in [5.41, 5.74) is -1.89. The number of rotatable bonds is 24. The Morgan fingerprint density at radius 2 is 0.647 bits per heavy atom. The average molecular weight is 769 g/mol. The number of carbonyl (C=O) groups is 6. The molecule has 0 saturated heterocycles. The molecule has 0 unspecified atom stereocenters. The van der Waals surface area contributed by atoms with E-state index in [0.717, 1.165) is 0 Å². The first-order chi connectivity index (χ1) is 23.3. The molecule has 0 fully saturated rings. The van der Waals surface area contributed by atoms with Gasteiger partial charge in [-0.3, -0.25) is 19.2 Å². The molecule has 0 rings (SSSR count). The number of carboxylic acids is 4. The number of carbonyl (C=O) groups excluding carboxylic acids is 2. The van der Waals surface area contributed by atoms with Gasteiger partial charge in [-0.2, -0.15) is 0 Å². The molecule has 0 heterocycles. The Kier molecular flexibility index (Phi) is 41.0. The Bertz CT molecular complexity index is 893. The van der Waals surface area contributed by atoms with Gasteiger partial charge < -0.3 is 60.5 Å². The van der Waals surface area contributed by atoms with Crippen molar-refractivity contribution in [1.82, 2.24) is 0 Å². The summed E-state index contributed by atoms with van der Waals surface area (Å²) < 4.78 is 9.45. The molecule has 0 aliphatic rings. The molecule has 0 spiro atoms. The summed E-state index contributed by atoms with van der Waals surface area (Å²) in [6.07, 6.45) is 4.20. The first kappa shape index (κ1) is 58.0. The fraction of sp³-hybridized carbons (Fsp3) is 0.688. The number of hydrogen-bond donors (Lipinski definition) is 10. The van der Waals surface area contributed by atoms with E-state index >= 15 is 0 Å². The third-order valence-electron chi connectivity index (χ3n) is 6.29. The topological polar surface area (TPSA) is 323 Å². The maximum atomic E-state index is 11.0. The molecule has 0 atom stereocenters. The van der Waals surface area contributed by atoms with E-state index in [9.17, 15) is 28.8 Å². The number of hydrogen-bond acceptors (Lipinski definition) is 14. The number of aliphatic carboxylic acids is 4. The third-order valence-corrected chi connectivity index (χ3v) is 6.29. The standard InChI is InChI=1S/2C9H16O5.2C7H12O4.K.H/c2*1-7(2)8(13)14-6-9(3-10,4-11)5-12;2*8-6(9)4-2-1-3-5-7(10)11;;/h2*10-12H,1,3-6H2,2H3;2*1-5H2,(H,8,9)(H,10,11);;. The van der Waals surface area contributed by atoms with E-state index in [0.29, 0.717) is 38.5 Å². The summed E-state index contributed by atoms with van der Waals surface area (Å²) in [4.78, 5) is 61.9. The number of unbranched alkanes of at least 4 members (excludes halogenated alkanes) is 4. The van der Waals surface area contributed by atoms with Gasteiger partial charge in [-0.05, 0) is 39.5 Å². The zero-order chi connectivity index (χ0) is 39.8. The Morgan fingerprint density at radius 3 is 0.784 bits per heavy atom. The van der Waals surface area contributed by atoms with E-state index in [1.165, 1.54) is 13.8 Å². The fourth-order valence-corrected chi connectivity index (χ4v) is 2.72. The molecule has 294 valence electrons. The Hall–Kier alpha value is -2.30. The van der Waals surface area contributed by atoms with Crippen molar-refractivity contribution in [2.45, 2.75) is 78.1 Å². The predicted octanol–water partition coefficient (Wildman–Crippen LogP) is -0.298. The van der Waals surface area contributed by atoms with E-state index in [2.05, 4.69) is 13.2 Å². The van der Waals surface area contributed by atoms with Gasteiger partial charge in [-0.15, -0.1) is 0 Å². The average Bonchev–Trinajstić information content (AvgIpc) is 3.06. The summed E-state index contributed by atoms with van der Waals surface area (Å²) in [6.45, 7) is 6.52. The van der Waals surface area contributed by atoms with Crippen LogP contribution in [0.2, 0.25) is 0 Å². The molecule has 0 aromatic heterocycles. The maximum absolute atomic E-state index is 11.0. The molecule has 0 radical (unpaired) electrons. The van der Waals surface area contributed by atoms with Crippen LogP contribution in [0.25, 0.3) is 0 Å². The van der Waals surface area contributed by atoms with Crippen LogP contribution in [0, 0.1) is 10.8 Å². The molecule has 19 heteroatoms. The van der Waals surface area contributed by atoms with E-state index in [1.807, 2.05) is 0 Å². The van der Waals surface area contributed by atoms with Crippen molar-refractivity contribution in [3.8, 4) is 0 Å². The molecule has 0 amide bonds. The first-order valence-corrected chi connectivity index (χ1v) is 15.5. The van der Waals surface area contributed by atoms with Gasteiger partial charge >= 0.3 is 87.2 Å². The first-order valence-electron chi connectivity index (χ1n) is 15.5. The molecule has 0 aromatic carbocycles. The van der Waals surface area contributed by atoms with Crippen LogP contribution in [0.5, 0.6) is 0 Å². The van der Waals surface area contributed by atoms with E-state index in [4.69, 9.17) is 60.5 Å². The summed E-state index contributed by atoms with van der Waals surface area (Å²) in [5.74, 6) is -4.49. The molecular weight excluding hydrogens is 711 g/mol. The predicted molar refractivity (Wildman–Crippen MR) is 183 cm³/mol. The van der Waals surface area contributed by atoms with Crippen molar-refractivity contribution in [3.63, 3.8) is 0 Å². The third kappa shape index (κ3) is 37.3. The summed E-state index contributed by atoms with van der Waals surface area (Å²) >= 11 is 0. The second-order valence-corrected chi connectivity index (χ2v) is 11.4. The van der Waals surface area contributed by atoms with Gasteiger partial charge in [0, 0.05) is 36.8 Å². The SMILES string of the molecule is C=C(C)C(=O)OCC(CO)(CO)CO.C=C(C)C(=O)OCC(CO)(CO)CO.O=C(O)CCCCCC(=O)O.O=C(O)CCCCCC(=O)O.[KH]. The van der Waals surface area contributed by atoms with Gasteiger partial charge in [-0.25, -0.2) is 9.59 Å². The molecule has 18 nitrogen and oxygen atoms in total. The minimum atomic E-state index is -1.18. The number of esters is 2. The molecule has 0 bridgehead atoms. The Balaban J connectivity index is -0.000000184. The van der Waals surface area contributed by atoms with Gasteiger partial charge in [0.05, 0.1) is 50.5 Å². The van der Waals surface area contributed by atoms with Crippen molar-refractivity contribution >= 4 is 87.2 Å².